The molecule has 0 radical (unpaired) electrons. The standard InChI is InChI=1S/C18H18N4O2S/c1-2-24-17-13(6-5-9-20-17)11-21-16(23)10-14-12-25-18(22-14)15-7-3-4-8-19-15/h3-9,12H,2,10-11H2,1H3,(H,21,23). The van der Waals surface area contributed by atoms with E-state index in [9.17, 15) is 4.79 Å². The van der Waals surface area contributed by atoms with Gasteiger partial charge in [0, 0.05) is 29.9 Å². The fraction of sp³-hybridized carbons (Fsp3) is 0.222. The second-order valence-electron chi connectivity index (χ2n) is 5.21. The van der Waals surface area contributed by atoms with Crippen molar-refractivity contribution in [1.82, 2.24) is 20.3 Å². The summed E-state index contributed by atoms with van der Waals surface area (Å²) in [6.45, 7) is 2.81. The fourth-order valence-electron chi connectivity index (χ4n) is 2.24. The molecule has 0 unspecified atom stereocenters. The number of carbonyl (C=O) groups is 1. The van der Waals surface area contributed by atoms with Crippen molar-refractivity contribution in [2.75, 3.05) is 6.61 Å². The lowest BCUT2D eigenvalue weighted by Crippen LogP contribution is -2.25. The molecule has 0 aliphatic carbocycles. The van der Waals surface area contributed by atoms with Crippen molar-refractivity contribution in [3.8, 4) is 16.6 Å². The van der Waals surface area contributed by atoms with Gasteiger partial charge in [0.15, 0.2) is 0 Å². The summed E-state index contributed by atoms with van der Waals surface area (Å²) in [5.74, 6) is 0.459. The lowest BCUT2D eigenvalue weighted by atomic mass is 10.2. The van der Waals surface area contributed by atoms with E-state index in [-0.39, 0.29) is 12.3 Å². The van der Waals surface area contributed by atoms with Crippen LogP contribution in [0, 0.1) is 0 Å². The Morgan fingerprint density at radius 2 is 2.08 bits per heavy atom. The number of ether oxygens (including phenoxy) is 1. The highest BCUT2D eigenvalue weighted by Gasteiger charge is 2.11. The zero-order chi connectivity index (χ0) is 17.5. The van der Waals surface area contributed by atoms with Crippen LogP contribution in [-0.2, 0) is 17.8 Å². The lowest BCUT2D eigenvalue weighted by Gasteiger charge is -2.09. The normalized spacial score (nSPS) is 10.4. The maximum Gasteiger partial charge on any atom is 0.226 e. The molecule has 0 fully saturated rings. The van der Waals surface area contributed by atoms with Gasteiger partial charge in [-0.25, -0.2) is 9.97 Å². The molecule has 128 valence electrons. The Morgan fingerprint density at radius 3 is 2.88 bits per heavy atom. The second-order valence-corrected chi connectivity index (χ2v) is 6.07. The molecule has 25 heavy (non-hydrogen) atoms. The van der Waals surface area contributed by atoms with E-state index in [1.807, 2.05) is 42.6 Å². The SMILES string of the molecule is CCOc1ncccc1CNC(=O)Cc1csc(-c2ccccn2)n1. The molecule has 0 spiro atoms. The van der Waals surface area contributed by atoms with Gasteiger partial charge in [0.25, 0.3) is 0 Å². The first-order valence-electron chi connectivity index (χ1n) is 7.95. The molecule has 0 aliphatic heterocycles. The number of amides is 1. The monoisotopic (exact) mass is 354 g/mol. The third-order valence-corrected chi connectivity index (χ3v) is 4.30. The molecule has 3 aromatic heterocycles. The van der Waals surface area contributed by atoms with Crippen LogP contribution in [0.5, 0.6) is 5.88 Å². The number of hydrogen-bond donors (Lipinski definition) is 1. The van der Waals surface area contributed by atoms with Gasteiger partial charge in [-0.3, -0.25) is 9.78 Å². The third kappa shape index (κ3) is 4.60. The highest BCUT2D eigenvalue weighted by atomic mass is 32.1. The van der Waals surface area contributed by atoms with E-state index >= 15 is 0 Å². The summed E-state index contributed by atoms with van der Waals surface area (Å²) in [5.41, 5.74) is 2.40. The highest BCUT2D eigenvalue weighted by molar-refractivity contribution is 7.13. The largest absolute Gasteiger partial charge is 0.478 e. The molecular weight excluding hydrogens is 336 g/mol. The maximum atomic E-state index is 12.2. The van der Waals surface area contributed by atoms with Crippen molar-refractivity contribution < 1.29 is 9.53 Å². The summed E-state index contributed by atoms with van der Waals surface area (Å²) in [6, 6.07) is 9.39. The van der Waals surface area contributed by atoms with Gasteiger partial charge in [-0.15, -0.1) is 11.3 Å². The summed E-state index contributed by atoms with van der Waals surface area (Å²) in [4.78, 5) is 25.1. The van der Waals surface area contributed by atoms with Gasteiger partial charge in [-0.2, -0.15) is 0 Å². The fourth-order valence-corrected chi connectivity index (χ4v) is 3.04. The van der Waals surface area contributed by atoms with Crippen LogP contribution in [0.1, 0.15) is 18.2 Å². The van der Waals surface area contributed by atoms with Crippen LogP contribution in [-0.4, -0.2) is 27.5 Å². The van der Waals surface area contributed by atoms with E-state index < -0.39 is 0 Å². The molecule has 0 bridgehead atoms. The Labute approximate surface area is 149 Å². The number of pyridine rings is 2. The van der Waals surface area contributed by atoms with Crippen LogP contribution in [0.3, 0.4) is 0 Å². The zero-order valence-electron chi connectivity index (χ0n) is 13.8. The molecule has 0 saturated heterocycles. The quantitative estimate of drug-likeness (QED) is 0.706. The molecule has 3 rings (SSSR count). The molecular formula is C18H18N4O2S. The molecule has 0 aromatic carbocycles. The molecule has 3 aromatic rings. The number of nitrogens with one attached hydrogen (secondary N) is 1. The Morgan fingerprint density at radius 1 is 1.20 bits per heavy atom. The third-order valence-electron chi connectivity index (χ3n) is 3.38. The van der Waals surface area contributed by atoms with Crippen LogP contribution >= 0.6 is 11.3 Å². The van der Waals surface area contributed by atoms with E-state index in [0.29, 0.717) is 19.0 Å². The van der Waals surface area contributed by atoms with Gasteiger partial charge in [0.1, 0.15) is 5.01 Å². The van der Waals surface area contributed by atoms with Crippen LogP contribution in [0.2, 0.25) is 0 Å². The summed E-state index contributed by atoms with van der Waals surface area (Å²) < 4.78 is 5.46. The molecule has 7 heteroatoms. The van der Waals surface area contributed by atoms with Crippen LogP contribution in [0.15, 0.2) is 48.1 Å². The van der Waals surface area contributed by atoms with Gasteiger partial charge >= 0.3 is 0 Å². The average molecular weight is 354 g/mol. The van der Waals surface area contributed by atoms with E-state index in [4.69, 9.17) is 4.74 Å². The van der Waals surface area contributed by atoms with Crippen molar-refractivity contribution in [2.45, 2.75) is 19.9 Å². The minimum absolute atomic E-state index is 0.0934. The predicted molar refractivity (Wildman–Crippen MR) is 96.3 cm³/mol. The zero-order valence-corrected chi connectivity index (χ0v) is 14.6. The van der Waals surface area contributed by atoms with Crippen LogP contribution < -0.4 is 10.1 Å². The summed E-state index contributed by atoms with van der Waals surface area (Å²) in [6.07, 6.45) is 3.63. The average Bonchev–Trinajstić information content (AvgIpc) is 3.10. The summed E-state index contributed by atoms with van der Waals surface area (Å²) in [7, 11) is 0. The van der Waals surface area contributed by atoms with Crippen molar-refractivity contribution in [1.29, 1.82) is 0 Å². The molecule has 1 amide bonds. The number of carbonyl (C=O) groups excluding carboxylic acids is 1. The van der Waals surface area contributed by atoms with E-state index in [2.05, 4.69) is 20.3 Å². The van der Waals surface area contributed by atoms with Crippen molar-refractivity contribution >= 4 is 17.2 Å². The Kier molecular flexibility index (Phi) is 5.69. The Hall–Kier alpha value is -2.80. The Bertz CT molecular complexity index is 836. The van der Waals surface area contributed by atoms with E-state index in [1.54, 1.807) is 12.4 Å². The molecule has 1 N–H and O–H groups in total. The molecule has 0 aliphatic rings. The second kappa shape index (κ2) is 8.34. The minimum Gasteiger partial charge on any atom is -0.478 e. The van der Waals surface area contributed by atoms with Crippen molar-refractivity contribution in [3.63, 3.8) is 0 Å². The van der Waals surface area contributed by atoms with E-state index in [0.717, 1.165) is 22.0 Å². The first-order chi connectivity index (χ1) is 12.3. The Balaban J connectivity index is 1.58. The van der Waals surface area contributed by atoms with E-state index in [1.165, 1.54) is 11.3 Å². The number of aromatic nitrogens is 3. The van der Waals surface area contributed by atoms with Gasteiger partial charge < -0.3 is 10.1 Å². The van der Waals surface area contributed by atoms with Gasteiger partial charge in [-0.05, 0) is 25.1 Å². The number of hydrogen-bond acceptors (Lipinski definition) is 6. The van der Waals surface area contributed by atoms with Crippen molar-refractivity contribution in [3.05, 3.63) is 59.4 Å². The first-order valence-corrected chi connectivity index (χ1v) is 8.83. The molecule has 6 nitrogen and oxygen atoms in total. The molecule has 0 atom stereocenters. The van der Waals surface area contributed by atoms with Crippen LogP contribution in [0.25, 0.3) is 10.7 Å². The molecule has 0 saturated carbocycles. The smallest absolute Gasteiger partial charge is 0.226 e. The van der Waals surface area contributed by atoms with Crippen molar-refractivity contribution in [2.24, 2.45) is 0 Å². The lowest BCUT2D eigenvalue weighted by molar-refractivity contribution is -0.120. The predicted octanol–water partition coefficient (Wildman–Crippen LogP) is 2.86. The first kappa shape index (κ1) is 17.0. The number of rotatable bonds is 7. The highest BCUT2D eigenvalue weighted by Crippen LogP contribution is 2.21. The number of thiazole rings is 1. The molecule has 3 heterocycles. The minimum atomic E-state index is -0.0934. The van der Waals surface area contributed by atoms with Gasteiger partial charge in [0.05, 0.1) is 24.4 Å². The maximum absolute atomic E-state index is 12.2. The topological polar surface area (TPSA) is 77.0 Å². The number of nitrogens with zero attached hydrogens (tertiary/aromatic N) is 3. The summed E-state index contributed by atoms with van der Waals surface area (Å²) >= 11 is 1.48. The summed E-state index contributed by atoms with van der Waals surface area (Å²) in [5, 5.41) is 5.59. The van der Waals surface area contributed by atoms with Gasteiger partial charge in [-0.1, -0.05) is 12.1 Å². The van der Waals surface area contributed by atoms with Crippen LogP contribution in [0.4, 0.5) is 0 Å². The van der Waals surface area contributed by atoms with Gasteiger partial charge in [0.2, 0.25) is 11.8 Å².